The highest BCUT2D eigenvalue weighted by Gasteiger charge is 2.57. The quantitative estimate of drug-likeness (QED) is 0.750. The summed E-state index contributed by atoms with van der Waals surface area (Å²) in [6.07, 6.45) is 4.93. The van der Waals surface area contributed by atoms with Crippen LogP contribution < -0.4 is 10.6 Å². The van der Waals surface area contributed by atoms with Gasteiger partial charge in [-0.1, -0.05) is 24.3 Å². The molecular formula is C21H31N3O2. The second-order valence-electron chi connectivity index (χ2n) is 8.36. The maximum atomic E-state index is 12.6. The van der Waals surface area contributed by atoms with Gasteiger partial charge in [0, 0.05) is 32.1 Å². The van der Waals surface area contributed by atoms with Crippen molar-refractivity contribution in [1.29, 1.82) is 0 Å². The predicted octanol–water partition coefficient (Wildman–Crippen LogP) is 1.65. The number of rotatable bonds is 5. The van der Waals surface area contributed by atoms with Gasteiger partial charge in [-0.2, -0.15) is 0 Å². The number of piperidine rings is 2. The molecule has 0 radical (unpaired) electrons. The lowest BCUT2D eigenvalue weighted by Crippen LogP contribution is -2.36. The van der Waals surface area contributed by atoms with E-state index in [1.54, 1.807) is 0 Å². The average molecular weight is 357 g/mol. The molecule has 1 atom stereocenters. The van der Waals surface area contributed by atoms with Gasteiger partial charge in [0.2, 0.25) is 5.91 Å². The second kappa shape index (κ2) is 7.67. The first-order valence-electron chi connectivity index (χ1n) is 10.1. The van der Waals surface area contributed by atoms with Crippen LogP contribution in [0, 0.1) is 11.3 Å². The first-order chi connectivity index (χ1) is 12.7. The molecule has 3 fully saturated rings. The van der Waals surface area contributed by atoms with E-state index in [2.05, 4.69) is 39.8 Å². The van der Waals surface area contributed by atoms with Crippen molar-refractivity contribution in [1.82, 2.24) is 15.5 Å². The van der Waals surface area contributed by atoms with Crippen LogP contribution in [0.2, 0.25) is 0 Å². The number of hydrogen-bond acceptors (Lipinski definition) is 4. The van der Waals surface area contributed by atoms with Crippen LogP contribution in [0.1, 0.15) is 43.2 Å². The van der Waals surface area contributed by atoms with Crippen molar-refractivity contribution in [2.45, 2.75) is 51.3 Å². The molecule has 0 bridgehead atoms. The van der Waals surface area contributed by atoms with E-state index < -0.39 is 0 Å². The Balaban J connectivity index is 1.31. The van der Waals surface area contributed by atoms with Crippen LogP contribution in [0.25, 0.3) is 0 Å². The van der Waals surface area contributed by atoms with Gasteiger partial charge in [0.15, 0.2) is 0 Å². The maximum Gasteiger partial charge on any atom is 0.223 e. The molecule has 1 spiro atoms. The van der Waals surface area contributed by atoms with E-state index in [1.807, 2.05) is 0 Å². The minimum atomic E-state index is -0.137. The molecule has 2 aliphatic heterocycles. The van der Waals surface area contributed by atoms with Crippen molar-refractivity contribution in [3.63, 3.8) is 0 Å². The molecule has 5 heteroatoms. The third-order valence-electron chi connectivity index (χ3n) is 6.63. The van der Waals surface area contributed by atoms with E-state index in [0.29, 0.717) is 12.0 Å². The SMILES string of the molecule is O=C(NCc1ccccc1CN1CCC(O)CC1)C1CC12CCNCC2. The van der Waals surface area contributed by atoms with Crippen LogP contribution in [-0.2, 0) is 17.9 Å². The fourth-order valence-corrected chi connectivity index (χ4v) is 4.70. The van der Waals surface area contributed by atoms with Crippen molar-refractivity contribution in [2.75, 3.05) is 26.2 Å². The molecule has 3 N–H and O–H groups in total. The molecule has 4 rings (SSSR count). The Morgan fingerprint density at radius 2 is 1.88 bits per heavy atom. The van der Waals surface area contributed by atoms with Gasteiger partial charge in [-0.15, -0.1) is 0 Å². The summed E-state index contributed by atoms with van der Waals surface area (Å²) in [4.78, 5) is 15.0. The highest BCUT2D eigenvalue weighted by Crippen LogP contribution is 2.58. The van der Waals surface area contributed by atoms with Crippen LogP contribution >= 0.6 is 0 Å². The summed E-state index contributed by atoms with van der Waals surface area (Å²) in [5.74, 6) is 0.461. The topological polar surface area (TPSA) is 64.6 Å². The molecule has 3 aliphatic rings. The summed E-state index contributed by atoms with van der Waals surface area (Å²) in [5, 5.41) is 16.3. The van der Waals surface area contributed by atoms with Crippen LogP contribution in [0.15, 0.2) is 24.3 Å². The summed E-state index contributed by atoms with van der Waals surface area (Å²) in [6, 6.07) is 8.42. The molecule has 1 aromatic carbocycles. The number of aliphatic hydroxyl groups excluding tert-OH is 1. The molecule has 26 heavy (non-hydrogen) atoms. The molecule has 2 saturated heterocycles. The summed E-state index contributed by atoms with van der Waals surface area (Å²) in [5.41, 5.74) is 2.80. The lowest BCUT2D eigenvalue weighted by atomic mass is 9.92. The zero-order chi connectivity index (χ0) is 18.0. The number of carbonyl (C=O) groups excluding carboxylic acids is 1. The Labute approximate surface area is 156 Å². The Morgan fingerprint density at radius 3 is 2.62 bits per heavy atom. The lowest BCUT2D eigenvalue weighted by Gasteiger charge is -2.30. The van der Waals surface area contributed by atoms with Crippen molar-refractivity contribution in [3.8, 4) is 0 Å². The van der Waals surface area contributed by atoms with Crippen LogP contribution in [-0.4, -0.2) is 48.2 Å². The molecule has 1 unspecified atom stereocenters. The first kappa shape index (κ1) is 18.0. The smallest absolute Gasteiger partial charge is 0.223 e. The molecule has 1 aromatic rings. The normalized spacial score (nSPS) is 26.0. The number of nitrogens with zero attached hydrogens (tertiary/aromatic N) is 1. The fraction of sp³-hybridized carbons (Fsp3) is 0.667. The molecule has 2 heterocycles. The Hall–Kier alpha value is -1.43. The zero-order valence-corrected chi connectivity index (χ0v) is 15.5. The Kier molecular flexibility index (Phi) is 5.30. The summed E-state index contributed by atoms with van der Waals surface area (Å²) < 4.78 is 0. The van der Waals surface area contributed by atoms with E-state index in [0.717, 1.165) is 64.8 Å². The highest BCUT2D eigenvalue weighted by molar-refractivity contribution is 5.82. The Morgan fingerprint density at radius 1 is 1.19 bits per heavy atom. The van der Waals surface area contributed by atoms with E-state index >= 15 is 0 Å². The lowest BCUT2D eigenvalue weighted by molar-refractivity contribution is -0.123. The van der Waals surface area contributed by atoms with E-state index in [9.17, 15) is 9.90 Å². The van der Waals surface area contributed by atoms with Gasteiger partial charge in [0.25, 0.3) is 0 Å². The van der Waals surface area contributed by atoms with E-state index in [4.69, 9.17) is 0 Å². The molecule has 5 nitrogen and oxygen atoms in total. The van der Waals surface area contributed by atoms with Crippen molar-refractivity contribution in [3.05, 3.63) is 35.4 Å². The van der Waals surface area contributed by atoms with E-state index in [1.165, 1.54) is 11.1 Å². The summed E-state index contributed by atoms with van der Waals surface area (Å²) >= 11 is 0. The standard InChI is InChI=1S/C21H31N3O2/c25-18-5-11-24(12-6-18)15-17-4-2-1-3-16(17)14-23-20(26)19-13-21(19)7-9-22-10-8-21/h1-4,18-19,22,25H,5-15H2,(H,23,26). The van der Waals surface area contributed by atoms with Crippen molar-refractivity contribution < 1.29 is 9.90 Å². The van der Waals surface area contributed by atoms with Gasteiger partial charge in [0.1, 0.15) is 0 Å². The number of nitrogens with one attached hydrogen (secondary N) is 2. The van der Waals surface area contributed by atoms with Crippen molar-refractivity contribution >= 4 is 5.91 Å². The second-order valence-corrected chi connectivity index (χ2v) is 8.36. The van der Waals surface area contributed by atoms with Crippen LogP contribution in [0.5, 0.6) is 0 Å². The van der Waals surface area contributed by atoms with Gasteiger partial charge in [-0.05, 0) is 61.7 Å². The molecule has 1 amide bonds. The number of likely N-dealkylation sites (tertiary alicyclic amines) is 1. The first-order valence-corrected chi connectivity index (χ1v) is 10.1. The number of carbonyl (C=O) groups is 1. The molecule has 0 aromatic heterocycles. The maximum absolute atomic E-state index is 12.6. The van der Waals surface area contributed by atoms with Crippen molar-refractivity contribution in [2.24, 2.45) is 11.3 Å². The Bertz CT molecular complexity index is 634. The van der Waals surface area contributed by atoms with Crippen LogP contribution in [0.4, 0.5) is 0 Å². The fourth-order valence-electron chi connectivity index (χ4n) is 4.70. The third-order valence-corrected chi connectivity index (χ3v) is 6.63. The molecule has 1 saturated carbocycles. The van der Waals surface area contributed by atoms with Crippen LogP contribution in [0.3, 0.4) is 0 Å². The number of amides is 1. The number of hydrogen-bond donors (Lipinski definition) is 3. The minimum absolute atomic E-state index is 0.137. The number of benzene rings is 1. The van der Waals surface area contributed by atoms with Gasteiger partial charge in [-0.25, -0.2) is 0 Å². The zero-order valence-electron chi connectivity index (χ0n) is 15.5. The number of aliphatic hydroxyl groups is 1. The molecule has 1 aliphatic carbocycles. The average Bonchev–Trinajstić information content (AvgIpc) is 3.36. The van der Waals surface area contributed by atoms with E-state index in [-0.39, 0.29) is 17.9 Å². The van der Waals surface area contributed by atoms with Gasteiger partial charge in [-0.3, -0.25) is 9.69 Å². The van der Waals surface area contributed by atoms with Gasteiger partial charge < -0.3 is 15.7 Å². The summed E-state index contributed by atoms with van der Waals surface area (Å²) in [7, 11) is 0. The third kappa shape index (κ3) is 3.95. The minimum Gasteiger partial charge on any atom is -0.393 e. The van der Waals surface area contributed by atoms with Gasteiger partial charge >= 0.3 is 0 Å². The molecular weight excluding hydrogens is 326 g/mol. The molecule has 142 valence electrons. The van der Waals surface area contributed by atoms with Gasteiger partial charge in [0.05, 0.1) is 6.10 Å². The highest BCUT2D eigenvalue weighted by atomic mass is 16.3. The largest absolute Gasteiger partial charge is 0.393 e. The predicted molar refractivity (Wildman–Crippen MR) is 101 cm³/mol. The monoisotopic (exact) mass is 357 g/mol. The summed E-state index contributed by atoms with van der Waals surface area (Å²) in [6.45, 7) is 5.52.